The monoisotopic (exact) mass is 389 g/mol. The number of fused-ring (bicyclic) bond motifs is 2. The Morgan fingerprint density at radius 3 is 2.79 bits per heavy atom. The lowest BCUT2D eigenvalue weighted by atomic mass is 9.95. The number of carbonyl (C=O) groups excluding carboxylic acids is 1. The number of imidazole rings is 1. The summed E-state index contributed by atoms with van der Waals surface area (Å²) in [5.41, 5.74) is 3.97. The van der Waals surface area contributed by atoms with Gasteiger partial charge in [0, 0.05) is 25.2 Å². The van der Waals surface area contributed by atoms with Gasteiger partial charge in [-0.05, 0) is 37.0 Å². The number of hydrogen-bond acceptors (Lipinski definition) is 5. The second-order valence-electron chi connectivity index (χ2n) is 8.00. The van der Waals surface area contributed by atoms with E-state index in [1.165, 1.54) is 0 Å². The van der Waals surface area contributed by atoms with E-state index in [-0.39, 0.29) is 11.8 Å². The van der Waals surface area contributed by atoms with Crippen LogP contribution in [0.4, 0.5) is 0 Å². The molecule has 7 nitrogen and oxygen atoms in total. The van der Waals surface area contributed by atoms with Crippen molar-refractivity contribution in [3.63, 3.8) is 0 Å². The van der Waals surface area contributed by atoms with Gasteiger partial charge in [0.1, 0.15) is 5.82 Å². The number of carbonyl (C=O) groups is 1. The van der Waals surface area contributed by atoms with Gasteiger partial charge in [0.05, 0.1) is 27.7 Å². The van der Waals surface area contributed by atoms with Gasteiger partial charge in [0.2, 0.25) is 0 Å². The van der Waals surface area contributed by atoms with Gasteiger partial charge in [-0.1, -0.05) is 31.1 Å². The topological polar surface area (TPSA) is 87.9 Å². The summed E-state index contributed by atoms with van der Waals surface area (Å²) in [6.07, 6.45) is 3.38. The molecule has 4 aromatic rings. The maximum atomic E-state index is 13.0. The smallest absolute Gasteiger partial charge is 0.257 e. The third-order valence-electron chi connectivity index (χ3n) is 5.73. The molecule has 0 saturated carbocycles. The number of para-hydroxylation sites is 2. The molecular formula is C22H23N5O2. The minimum absolute atomic E-state index is 0.0124. The predicted octanol–water partition coefficient (Wildman–Crippen LogP) is 4.24. The largest absolute Gasteiger partial charge is 0.342 e. The van der Waals surface area contributed by atoms with Crippen LogP contribution >= 0.6 is 0 Å². The number of H-pyrrole nitrogens is 1. The van der Waals surface area contributed by atoms with Gasteiger partial charge >= 0.3 is 0 Å². The van der Waals surface area contributed by atoms with E-state index in [2.05, 4.69) is 29.0 Å². The summed E-state index contributed by atoms with van der Waals surface area (Å²) in [4.78, 5) is 27.4. The molecule has 1 aliphatic rings. The van der Waals surface area contributed by atoms with E-state index in [1.807, 2.05) is 35.2 Å². The van der Waals surface area contributed by atoms with Crippen molar-refractivity contribution in [2.75, 3.05) is 13.1 Å². The standard InChI is InChI=1S/C22H23N5O2/c1-13(2)19-16-11-15(12-23-21(16)29-26-19)22(28)27-9-7-14(8-10-27)20-24-17-5-3-4-6-18(17)25-20/h3-6,11-14H,7-10H2,1-2H3,(H,24,25). The van der Waals surface area contributed by atoms with E-state index in [0.29, 0.717) is 30.3 Å². The fourth-order valence-corrected chi connectivity index (χ4v) is 4.09. The number of nitrogens with zero attached hydrogens (tertiary/aromatic N) is 4. The molecule has 0 bridgehead atoms. The number of benzene rings is 1. The van der Waals surface area contributed by atoms with Crippen LogP contribution in [0.3, 0.4) is 0 Å². The molecule has 1 amide bonds. The van der Waals surface area contributed by atoms with Gasteiger partial charge in [-0.15, -0.1) is 0 Å². The number of rotatable bonds is 3. The van der Waals surface area contributed by atoms with E-state index in [4.69, 9.17) is 9.51 Å². The van der Waals surface area contributed by atoms with Gasteiger partial charge in [-0.2, -0.15) is 0 Å². The first-order valence-corrected chi connectivity index (χ1v) is 10.1. The summed E-state index contributed by atoms with van der Waals surface area (Å²) >= 11 is 0. The van der Waals surface area contributed by atoms with E-state index in [9.17, 15) is 4.79 Å². The highest BCUT2D eigenvalue weighted by Gasteiger charge is 2.27. The molecule has 0 atom stereocenters. The number of aromatic nitrogens is 4. The quantitative estimate of drug-likeness (QED) is 0.566. The molecule has 0 aliphatic carbocycles. The highest BCUT2D eigenvalue weighted by molar-refractivity contribution is 5.97. The Balaban J connectivity index is 1.32. The van der Waals surface area contributed by atoms with Crippen LogP contribution in [0.25, 0.3) is 22.1 Å². The Bertz CT molecular complexity index is 1150. The molecule has 7 heteroatoms. The van der Waals surface area contributed by atoms with E-state index >= 15 is 0 Å². The van der Waals surface area contributed by atoms with Crippen LogP contribution in [-0.2, 0) is 0 Å². The normalized spacial score (nSPS) is 15.6. The Labute approximate surface area is 168 Å². The van der Waals surface area contributed by atoms with Crippen LogP contribution in [-0.4, -0.2) is 44.0 Å². The Morgan fingerprint density at radius 1 is 1.24 bits per heavy atom. The molecule has 1 N–H and O–H groups in total. The summed E-state index contributed by atoms with van der Waals surface area (Å²) in [5, 5.41) is 4.92. The zero-order valence-electron chi connectivity index (χ0n) is 16.6. The van der Waals surface area contributed by atoms with Gasteiger partial charge in [-0.3, -0.25) is 4.79 Å². The highest BCUT2D eigenvalue weighted by atomic mass is 16.5. The van der Waals surface area contributed by atoms with Crippen molar-refractivity contribution in [3.8, 4) is 0 Å². The van der Waals surface area contributed by atoms with Crippen molar-refractivity contribution in [2.45, 2.75) is 38.5 Å². The van der Waals surface area contributed by atoms with Crippen LogP contribution in [0, 0.1) is 0 Å². The van der Waals surface area contributed by atoms with Crippen molar-refractivity contribution < 1.29 is 9.32 Å². The third kappa shape index (κ3) is 3.16. The summed E-state index contributed by atoms with van der Waals surface area (Å²) in [7, 11) is 0. The van der Waals surface area contributed by atoms with Gasteiger partial charge < -0.3 is 14.4 Å². The molecule has 3 aromatic heterocycles. The minimum atomic E-state index is 0.0124. The summed E-state index contributed by atoms with van der Waals surface area (Å²) in [6, 6.07) is 9.94. The Kier molecular flexibility index (Phi) is 4.30. The van der Waals surface area contributed by atoms with E-state index in [1.54, 1.807) is 6.20 Å². The van der Waals surface area contributed by atoms with Crippen molar-refractivity contribution in [1.29, 1.82) is 0 Å². The maximum absolute atomic E-state index is 13.0. The second-order valence-corrected chi connectivity index (χ2v) is 8.00. The van der Waals surface area contributed by atoms with Crippen LogP contribution < -0.4 is 0 Å². The fraction of sp³-hybridized carbons (Fsp3) is 0.364. The first-order chi connectivity index (χ1) is 14.1. The average Bonchev–Trinajstić information content (AvgIpc) is 3.37. The zero-order valence-corrected chi connectivity index (χ0v) is 16.6. The molecule has 0 radical (unpaired) electrons. The molecule has 0 unspecified atom stereocenters. The number of nitrogens with one attached hydrogen (secondary N) is 1. The van der Waals surface area contributed by atoms with Crippen molar-refractivity contribution in [1.82, 2.24) is 25.0 Å². The predicted molar refractivity (Wildman–Crippen MR) is 110 cm³/mol. The Morgan fingerprint density at radius 2 is 2.03 bits per heavy atom. The second kappa shape index (κ2) is 6.99. The van der Waals surface area contributed by atoms with Crippen molar-refractivity contribution >= 4 is 28.0 Å². The molecule has 148 valence electrons. The van der Waals surface area contributed by atoms with Crippen LogP contribution in [0.15, 0.2) is 41.1 Å². The molecule has 4 heterocycles. The lowest BCUT2D eigenvalue weighted by Gasteiger charge is -2.31. The number of likely N-dealkylation sites (tertiary alicyclic amines) is 1. The van der Waals surface area contributed by atoms with Gasteiger partial charge in [0.15, 0.2) is 0 Å². The van der Waals surface area contributed by atoms with Gasteiger partial charge in [0.25, 0.3) is 11.6 Å². The lowest BCUT2D eigenvalue weighted by molar-refractivity contribution is 0.0711. The van der Waals surface area contributed by atoms with E-state index < -0.39 is 0 Å². The number of piperidine rings is 1. The van der Waals surface area contributed by atoms with Crippen LogP contribution in [0.5, 0.6) is 0 Å². The first kappa shape index (κ1) is 17.8. The fourth-order valence-electron chi connectivity index (χ4n) is 4.09. The van der Waals surface area contributed by atoms with Gasteiger partial charge in [-0.25, -0.2) is 9.97 Å². The zero-order chi connectivity index (χ0) is 20.0. The van der Waals surface area contributed by atoms with Crippen LogP contribution in [0.1, 0.15) is 60.4 Å². The van der Waals surface area contributed by atoms with Crippen molar-refractivity contribution in [2.24, 2.45) is 0 Å². The molecule has 29 heavy (non-hydrogen) atoms. The molecule has 1 saturated heterocycles. The number of amides is 1. The molecular weight excluding hydrogens is 366 g/mol. The van der Waals surface area contributed by atoms with E-state index in [0.717, 1.165) is 40.8 Å². The van der Waals surface area contributed by atoms with Crippen LogP contribution in [0.2, 0.25) is 0 Å². The summed E-state index contributed by atoms with van der Waals surface area (Å²) in [6.45, 7) is 5.52. The number of aromatic amines is 1. The molecule has 0 spiro atoms. The first-order valence-electron chi connectivity index (χ1n) is 10.1. The number of hydrogen-bond donors (Lipinski definition) is 1. The summed E-state index contributed by atoms with van der Waals surface area (Å²) in [5.74, 6) is 1.59. The number of pyridine rings is 1. The SMILES string of the molecule is CC(C)c1noc2ncc(C(=O)N3CCC(c4nc5ccccc5[nH]4)CC3)cc12. The molecule has 1 aliphatic heterocycles. The molecule has 1 aromatic carbocycles. The molecule has 1 fully saturated rings. The maximum Gasteiger partial charge on any atom is 0.257 e. The molecule has 5 rings (SSSR count). The Hall–Kier alpha value is -3.22. The third-order valence-corrected chi connectivity index (χ3v) is 5.73. The average molecular weight is 389 g/mol. The lowest BCUT2D eigenvalue weighted by Crippen LogP contribution is -2.38. The summed E-state index contributed by atoms with van der Waals surface area (Å²) < 4.78 is 5.28. The minimum Gasteiger partial charge on any atom is -0.342 e. The van der Waals surface area contributed by atoms with Crippen molar-refractivity contribution in [3.05, 3.63) is 53.6 Å². The highest BCUT2D eigenvalue weighted by Crippen LogP contribution is 2.29.